The number of thiophene rings is 1. The van der Waals surface area contributed by atoms with Gasteiger partial charge in [0.05, 0.1) is 5.39 Å². The normalized spacial score (nSPS) is 13.0. The summed E-state index contributed by atoms with van der Waals surface area (Å²) in [4.78, 5) is 30.9. The van der Waals surface area contributed by atoms with Crippen molar-refractivity contribution in [2.75, 3.05) is 0 Å². The van der Waals surface area contributed by atoms with Gasteiger partial charge in [-0.05, 0) is 31.0 Å². The van der Waals surface area contributed by atoms with Crippen LogP contribution in [0.2, 0.25) is 0 Å². The molecule has 9 heteroatoms. The third-order valence-corrected chi connectivity index (χ3v) is 6.08. The number of carbonyl (C=O) groups is 1. The lowest BCUT2D eigenvalue weighted by Gasteiger charge is -2.02. The molecule has 0 spiro atoms. The van der Waals surface area contributed by atoms with Crippen molar-refractivity contribution in [1.82, 2.24) is 19.7 Å². The Morgan fingerprint density at radius 3 is 2.93 bits per heavy atom. The number of nitrogens with zero attached hydrogens (tertiary/aromatic N) is 4. The Labute approximate surface area is 168 Å². The van der Waals surface area contributed by atoms with Crippen LogP contribution < -0.4 is 5.56 Å². The number of fused-ring (bicyclic) bond motifs is 2. The van der Waals surface area contributed by atoms with Crippen LogP contribution >= 0.6 is 11.3 Å². The van der Waals surface area contributed by atoms with Crippen LogP contribution in [-0.4, -0.2) is 25.7 Å². The average molecular weight is 408 g/mol. The first-order valence-electron chi connectivity index (χ1n) is 9.19. The molecule has 4 aromatic rings. The topological polar surface area (TPSA) is 100 Å². The molecule has 4 heterocycles. The van der Waals surface area contributed by atoms with E-state index in [1.54, 1.807) is 11.5 Å². The highest BCUT2D eigenvalue weighted by molar-refractivity contribution is 7.20. The predicted octanol–water partition coefficient (Wildman–Crippen LogP) is 3.12. The lowest BCUT2D eigenvalue weighted by atomic mass is 10.2. The summed E-state index contributed by atoms with van der Waals surface area (Å²) in [5.74, 6) is 0.812. The van der Waals surface area contributed by atoms with E-state index in [1.807, 2.05) is 30.3 Å². The summed E-state index contributed by atoms with van der Waals surface area (Å²) in [5, 5.41) is 8.40. The molecule has 1 aliphatic heterocycles. The summed E-state index contributed by atoms with van der Waals surface area (Å²) in [6.45, 7) is 2.28. The van der Waals surface area contributed by atoms with Gasteiger partial charge in [-0.1, -0.05) is 18.2 Å². The molecule has 0 amide bonds. The second kappa shape index (κ2) is 6.93. The van der Waals surface area contributed by atoms with Crippen molar-refractivity contribution in [3.05, 3.63) is 62.8 Å². The Balaban J connectivity index is 1.37. The zero-order valence-corrected chi connectivity index (χ0v) is 16.4. The van der Waals surface area contributed by atoms with Crippen LogP contribution in [0.1, 0.15) is 33.4 Å². The van der Waals surface area contributed by atoms with Gasteiger partial charge >= 0.3 is 5.97 Å². The minimum Gasteiger partial charge on any atom is -0.451 e. The molecule has 0 saturated carbocycles. The smallest absolute Gasteiger partial charge is 0.349 e. The van der Waals surface area contributed by atoms with Crippen LogP contribution in [0.15, 0.2) is 39.5 Å². The molecule has 0 fully saturated rings. The van der Waals surface area contributed by atoms with Crippen molar-refractivity contribution >= 4 is 27.5 Å². The molecule has 0 radical (unpaired) electrons. The summed E-state index contributed by atoms with van der Waals surface area (Å²) in [6, 6.07) is 9.34. The summed E-state index contributed by atoms with van der Waals surface area (Å²) >= 11 is 1.18. The van der Waals surface area contributed by atoms with Gasteiger partial charge in [0.2, 0.25) is 5.89 Å². The van der Waals surface area contributed by atoms with E-state index in [0.29, 0.717) is 33.1 Å². The molecular weight excluding hydrogens is 392 g/mol. The molecule has 0 atom stereocenters. The second-order valence-electron chi connectivity index (χ2n) is 6.77. The highest BCUT2D eigenvalue weighted by Crippen LogP contribution is 2.29. The van der Waals surface area contributed by atoms with Gasteiger partial charge in [-0.15, -0.1) is 21.5 Å². The first kappa shape index (κ1) is 17.7. The van der Waals surface area contributed by atoms with Crippen LogP contribution in [0.5, 0.6) is 0 Å². The molecule has 1 aliphatic rings. The Kier molecular flexibility index (Phi) is 4.24. The number of hydrogen-bond acceptors (Lipinski definition) is 8. The number of hydrogen-bond donors (Lipinski definition) is 0. The highest BCUT2D eigenvalue weighted by atomic mass is 32.1. The van der Waals surface area contributed by atoms with Gasteiger partial charge in [-0.2, -0.15) is 0 Å². The minimum absolute atomic E-state index is 0.0836. The maximum absolute atomic E-state index is 12.7. The number of esters is 1. The standard InChI is InChI=1S/C20H16N4O4S/c1-11-15-18(21-13-8-5-9-24(13)19(15)25)29-16(11)20(26)27-10-14-22-23-17(28-14)12-6-3-2-4-7-12/h2-4,6-7H,5,8-10H2,1H3. The van der Waals surface area contributed by atoms with Crippen molar-refractivity contribution in [2.45, 2.75) is 32.9 Å². The van der Waals surface area contributed by atoms with Crippen LogP contribution in [0.25, 0.3) is 21.7 Å². The van der Waals surface area contributed by atoms with Crippen molar-refractivity contribution in [3.8, 4) is 11.5 Å². The lowest BCUT2D eigenvalue weighted by molar-refractivity contribution is 0.0444. The highest BCUT2D eigenvalue weighted by Gasteiger charge is 2.24. The zero-order chi connectivity index (χ0) is 20.0. The summed E-state index contributed by atoms with van der Waals surface area (Å²) in [6.07, 6.45) is 1.70. The molecule has 0 aliphatic carbocycles. The molecule has 0 bridgehead atoms. The molecule has 0 unspecified atom stereocenters. The molecule has 5 rings (SSSR count). The molecule has 0 saturated heterocycles. The minimum atomic E-state index is -0.533. The summed E-state index contributed by atoms with van der Waals surface area (Å²) in [5.41, 5.74) is 1.31. The van der Waals surface area contributed by atoms with Crippen molar-refractivity contribution in [1.29, 1.82) is 0 Å². The zero-order valence-electron chi connectivity index (χ0n) is 15.5. The number of aromatic nitrogens is 4. The van der Waals surface area contributed by atoms with E-state index in [4.69, 9.17) is 9.15 Å². The largest absolute Gasteiger partial charge is 0.451 e. The molecule has 1 aromatic carbocycles. The van der Waals surface area contributed by atoms with Crippen molar-refractivity contribution < 1.29 is 13.9 Å². The van der Waals surface area contributed by atoms with Crippen molar-refractivity contribution in [3.63, 3.8) is 0 Å². The molecular formula is C20H16N4O4S. The predicted molar refractivity (Wildman–Crippen MR) is 106 cm³/mol. The molecule has 29 heavy (non-hydrogen) atoms. The van der Waals surface area contributed by atoms with E-state index < -0.39 is 5.97 Å². The van der Waals surface area contributed by atoms with E-state index in [0.717, 1.165) is 24.2 Å². The van der Waals surface area contributed by atoms with Crippen molar-refractivity contribution in [2.24, 2.45) is 0 Å². The second-order valence-corrected chi connectivity index (χ2v) is 7.77. The Bertz CT molecular complexity index is 1290. The van der Waals surface area contributed by atoms with Gasteiger partial charge < -0.3 is 9.15 Å². The number of aryl methyl sites for hydroxylation is 2. The third-order valence-electron chi connectivity index (χ3n) is 4.91. The average Bonchev–Trinajstić information content (AvgIpc) is 3.46. The molecule has 8 nitrogen and oxygen atoms in total. The fraction of sp³-hybridized carbons (Fsp3) is 0.250. The van der Waals surface area contributed by atoms with Crippen LogP contribution in [0, 0.1) is 6.92 Å². The monoisotopic (exact) mass is 408 g/mol. The summed E-state index contributed by atoms with van der Waals surface area (Å²) < 4.78 is 12.6. The van der Waals surface area contributed by atoms with E-state index >= 15 is 0 Å². The van der Waals surface area contributed by atoms with Crippen LogP contribution in [0.4, 0.5) is 0 Å². The molecule has 3 aromatic heterocycles. The SMILES string of the molecule is Cc1c(C(=O)OCc2nnc(-c3ccccc3)o2)sc2nc3n(c(=O)c12)CCC3. The Hall–Kier alpha value is -3.33. The maximum Gasteiger partial charge on any atom is 0.349 e. The van der Waals surface area contributed by atoms with Gasteiger partial charge in [-0.3, -0.25) is 9.36 Å². The third kappa shape index (κ3) is 3.03. The van der Waals surface area contributed by atoms with E-state index in [-0.39, 0.29) is 18.1 Å². The number of ether oxygens (including phenoxy) is 1. The first-order valence-corrected chi connectivity index (χ1v) is 10.0. The van der Waals surface area contributed by atoms with E-state index in [2.05, 4.69) is 15.2 Å². The van der Waals surface area contributed by atoms with Gasteiger partial charge in [0.15, 0.2) is 6.61 Å². The van der Waals surface area contributed by atoms with E-state index in [1.165, 1.54) is 11.3 Å². The fourth-order valence-electron chi connectivity index (χ4n) is 3.47. The van der Waals surface area contributed by atoms with Crippen LogP contribution in [-0.2, 0) is 24.3 Å². The van der Waals surface area contributed by atoms with Gasteiger partial charge in [0, 0.05) is 18.5 Å². The van der Waals surface area contributed by atoms with E-state index in [9.17, 15) is 9.59 Å². The molecule has 0 N–H and O–H groups in total. The summed E-state index contributed by atoms with van der Waals surface area (Å²) in [7, 11) is 0. The quantitative estimate of drug-likeness (QED) is 0.478. The Morgan fingerprint density at radius 2 is 2.10 bits per heavy atom. The van der Waals surface area contributed by atoms with Crippen LogP contribution in [0.3, 0.4) is 0 Å². The number of rotatable bonds is 4. The maximum atomic E-state index is 12.7. The Morgan fingerprint density at radius 1 is 1.28 bits per heavy atom. The number of benzene rings is 1. The van der Waals surface area contributed by atoms with Gasteiger partial charge in [-0.25, -0.2) is 9.78 Å². The van der Waals surface area contributed by atoms with Gasteiger partial charge in [0.1, 0.15) is 15.5 Å². The number of carbonyl (C=O) groups excluding carboxylic acids is 1. The molecule has 146 valence electrons. The lowest BCUT2D eigenvalue weighted by Crippen LogP contribution is -2.20. The fourth-order valence-corrected chi connectivity index (χ4v) is 4.56. The first-order chi connectivity index (χ1) is 14.1. The van der Waals surface area contributed by atoms with Gasteiger partial charge in [0.25, 0.3) is 11.4 Å².